The molecule has 0 saturated carbocycles. The monoisotopic (exact) mass is 214 g/mol. The third kappa shape index (κ3) is 4.48. The average Bonchev–Trinajstić information content (AvgIpc) is 2.24. The molecule has 84 valence electrons. The summed E-state index contributed by atoms with van der Waals surface area (Å²) in [6.07, 6.45) is 0.868. The van der Waals surface area contributed by atoms with E-state index < -0.39 is 17.5 Å². The van der Waals surface area contributed by atoms with Crippen molar-refractivity contribution in [3.05, 3.63) is 11.6 Å². The third-order valence-electron chi connectivity index (χ3n) is 1.49. The van der Waals surface area contributed by atoms with Crippen molar-refractivity contribution in [2.45, 2.75) is 6.92 Å². The van der Waals surface area contributed by atoms with Crippen LogP contribution in [-0.4, -0.2) is 37.2 Å². The minimum absolute atomic E-state index is 0.116. The van der Waals surface area contributed by atoms with Gasteiger partial charge in [0.15, 0.2) is 11.6 Å². The fraction of sp³-hybridized carbons (Fsp3) is 0.444. The van der Waals surface area contributed by atoms with Crippen LogP contribution in [0.15, 0.2) is 11.6 Å². The Bertz CT molecular complexity index is 296. The fourth-order valence-corrected chi connectivity index (χ4v) is 0.792. The fourth-order valence-electron chi connectivity index (χ4n) is 0.792. The van der Waals surface area contributed by atoms with Crippen molar-refractivity contribution in [3.8, 4) is 0 Å². The average molecular weight is 214 g/mol. The zero-order chi connectivity index (χ0) is 11.8. The van der Waals surface area contributed by atoms with Crippen molar-refractivity contribution in [1.29, 1.82) is 0 Å². The zero-order valence-electron chi connectivity index (χ0n) is 8.49. The summed E-state index contributed by atoms with van der Waals surface area (Å²) in [5.41, 5.74) is 9.78. The third-order valence-corrected chi connectivity index (χ3v) is 1.49. The summed E-state index contributed by atoms with van der Waals surface area (Å²) in [6.45, 7) is 1.07. The quantitative estimate of drug-likeness (QED) is 0.241. The second-order valence-electron chi connectivity index (χ2n) is 2.58. The summed E-state index contributed by atoms with van der Waals surface area (Å²) in [6, 6.07) is 0. The first-order valence-electron chi connectivity index (χ1n) is 4.41. The lowest BCUT2D eigenvalue weighted by Crippen LogP contribution is -2.24. The van der Waals surface area contributed by atoms with E-state index in [4.69, 9.17) is 11.5 Å². The summed E-state index contributed by atoms with van der Waals surface area (Å²) in [7, 11) is 0. The van der Waals surface area contributed by atoms with Crippen LogP contribution in [-0.2, 0) is 19.1 Å². The Morgan fingerprint density at radius 2 is 1.80 bits per heavy atom. The molecule has 0 heterocycles. The number of Topliss-reactive ketones (excluding diaryl/α,β-unsaturated/α-hetero) is 1. The number of carbonyl (C=O) groups is 3. The van der Waals surface area contributed by atoms with Gasteiger partial charge < -0.3 is 16.2 Å². The van der Waals surface area contributed by atoms with E-state index in [0.29, 0.717) is 0 Å². The maximum Gasteiger partial charge on any atom is 0.341 e. The van der Waals surface area contributed by atoms with Crippen molar-refractivity contribution >= 4 is 17.5 Å². The van der Waals surface area contributed by atoms with Crippen LogP contribution in [0.5, 0.6) is 0 Å². The van der Waals surface area contributed by atoms with Crippen LogP contribution in [0.4, 0.5) is 0 Å². The molecule has 0 saturated heterocycles. The molecule has 0 aliphatic rings. The number of rotatable bonds is 6. The van der Waals surface area contributed by atoms with Crippen molar-refractivity contribution in [2.24, 2.45) is 11.5 Å². The van der Waals surface area contributed by atoms with E-state index in [1.165, 1.54) is 0 Å². The maximum absolute atomic E-state index is 11.2. The Labute approximate surface area is 87.2 Å². The molecule has 15 heavy (non-hydrogen) atoms. The SMILES string of the molecule is CCOC(=O)/C(=C\C(=O)CN)C(=O)CN. The molecule has 0 radical (unpaired) electrons. The molecule has 0 aromatic rings. The van der Waals surface area contributed by atoms with E-state index in [2.05, 4.69) is 4.74 Å². The minimum atomic E-state index is -0.852. The van der Waals surface area contributed by atoms with Gasteiger partial charge >= 0.3 is 5.97 Å². The summed E-state index contributed by atoms with van der Waals surface area (Å²) in [5, 5.41) is 0. The van der Waals surface area contributed by atoms with Crippen molar-refractivity contribution in [1.82, 2.24) is 0 Å². The van der Waals surface area contributed by atoms with Crippen LogP contribution < -0.4 is 11.5 Å². The molecule has 0 bridgehead atoms. The van der Waals surface area contributed by atoms with E-state index in [9.17, 15) is 14.4 Å². The van der Waals surface area contributed by atoms with Crippen LogP contribution in [0, 0.1) is 0 Å². The molecule has 6 nitrogen and oxygen atoms in total. The molecule has 0 unspecified atom stereocenters. The predicted octanol–water partition coefficient (Wildman–Crippen LogP) is -1.47. The number of ether oxygens (including phenoxy) is 1. The van der Waals surface area contributed by atoms with Crippen LogP contribution >= 0.6 is 0 Å². The summed E-state index contributed by atoms with van der Waals surface area (Å²) >= 11 is 0. The number of nitrogens with two attached hydrogens (primary N) is 2. The van der Waals surface area contributed by atoms with Crippen LogP contribution in [0.2, 0.25) is 0 Å². The highest BCUT2D eigenvalue weighted by molar-refractivity contribution is 6.21. The molecular weight excluding hydrogens is 200 g/mol. The Morgan fingerprint density at radius 1 is 1.20 bits per heavy atom. The highest BCUT2D eigenvalue weighted by Gasteiger charge is 2.19. The first-order chi connectivity index (χ1) is 7.06. The van der Waals surface area contributed by atoms with Crippen molar-refractivity contribution < 1.29 is 19.1 Å². The van der Waals surface area contributed by atoms with Crippen molar-refractivity contribution in [2.75, 3.05) is 19.7 Å². The molecule has 0 rings (SSSR count). The molecule has 0 aliphatic carbocycles. The molecule has 0 aliphatic heterocycles. The topological polar surface area (TPSA) is 112 Å². The van der Waals surface area contributed by atoms with E-state index in [-0.39, 0.29) is 25.3 Å². The number of ketones is 2. The molecule has 0 atom stereocenters. The Balaban J connectivity index is 4.88. The van der Waals surface area contributed by atoms with Crippen molar-refractivity contribution in [3.63, 3.8) is 0 Å². The molecule has 0 spiro atoms. The van der Waals surface area contributed by atoms with E-state index >= 15 is 0 Å². The molecule has 4 N–H and O–H groups in total. The summed E-state index contributed by atoms with van der Waals surface area (Å²) < 4.78 is 4.60. The lowest BCUT2D eigenvalue weighted by atomic mass is 10.1. The van der Waals surface area contributed by atoms with Gasteiger partial charge in [0.05, 0.1) is 19.7 Å². The van der Waals surface area contributed by atoms with E-state index in [0.717, 1.165) is 6.08 Å². The summed E-state index contributed by atoms with van der Waals surface area (Å²) in [4.78, 5) is 33.4. The van der Waals surface area contributed by atoms with Gasteiger partial charge in [-0.3, -0.25) is 9.59 Å². The first kappa shape index (κ1) is 13.5. The lowest BCUT2D eigenvalue weighted by Gasteiger charge is -2.03. The highest BCUT2D eigenvalue weighted by atomic mass is 16.5. The first-order valence-corrected chi connectivity index (χ1v) is 4.41. The number of esters is 1. The van der Waals surface area contributed by atoms with Crippen LogP contribution in [0.1, 0.15) is 6.92 Å². The summed E-state index contributed by atoms with van der Waals surface area (Å²) in [5.74, 6) is -2.02. The predicted molar refractivity (Wildman–Crippen MR) is 52.8 cm³/mol. The maximum atomic E-state index is 11.2. The number of hydrogen-bond acceptors (Lipinski definition) is 6. The second-order valence-corrected chi connectivity index (χ2v) is 2.58. The molecule has 6 heteroatoms. The van der Waals surface area contributed by atoms with Gasteiger partial charge in [0.2, 0.25) is 0 Å². The number of carbonyl (C=O) groups excluding carboxylic acids is 3. The lowest BCUT2D eigenvalue weighted by molar-refractivity contribution is -0.140. The Morgan fingerprint density at radius 3 is 2.20 bits per heavy atom. The van der Waals surface area contributed by atoms with Crippen LogP contribution in [0.25, 0.3) is 0 Å². The zero-order valence-corrected chi connectivity index (χ0v) is 8.49. The van der Waals surface area contributed by atoms with E-state index in [1.807, 2.05) is 0 Å². The van der Waals surface area contributed by atoms with Gasteiger partial charge in [-0.05, 0) is 6.92 Å². The molecule has 0 fully saturated rings. The second kappa shape index (κ2) is 6.86. The smallest absolute Gasteiger partial charge is 0.341 e. The van der Waals surface area contributed by atoms with Crippen LogP contribution in [0.3, 0.4) is 0 Å². The normalized spacial score (nSPS) is 11.0. The van der Waals surface area contributed by atoms with Gasteiger partial charge in [-0.25, -0.2) is 4.79 Å². The standard InChI is InChI=1S/C9H14N2O4/c1-2-15-9(14)7(8(13)5-11)3-6(12)4-10/h3H,2,4-5,10-11H2,1H3/b7-3-. The number of hydrogen-bond donors (Lipinski definition) is 2. The molecule has 0 amide bonds. The van der Waals surface area contributed by atoms with Gasteiger partial charge in [-0.1, -0.05) is 0 Å². The van der Waals surface area contributed by atoms with Gasteiger partial charge in [0.25, 0.3) is 0 Å². The minimum Gasteiger partial charge on any atom is -0.462 e. The Kier molecular flexibility index (Phi) is 6.16. The van der Waals surface area contributed by atoms with Gasteiger partial charge in [0, 0.05) is 6.08 Å². The molecule has 0 aromatic carbocycles. The largest absolute Gasteiger partial charge is 0.462 e. The molecular formula is C9H14N2O4. The van der Waals surface area contributed by atoms with Gasteiger partial charge in [0.1, 0.15) is 5.57 Å². The highest BCUT2D eigenvalue weighted by Crippen LogP contribution is 2.00. The van der Waals surface area contributed by atoms with E-state index in [1.54, 1.807) is 6.92 Å². The van der Waals surface area contributed by atoms with Gasteiger partial charge in [-0.15, -0.1) is 0 Å². The van der Waals surface area contributed by atoms with Gasteiger partial charge in [-0.2, -0.15) is 0 Å². The Hall–Kier alpha value is -1.53. The molecule has 0 aromatic heterocycles.